The van der Waals surface area contributed by atoms with Crippen LogP contribution in [-0.2, 0) is 20.8 Å². The number of pyridine rings is 1. The summed E-state index contributed by atoms with van der Waals surface area (Å²) in [7, 11) is 3.01. The van der Waals surface area contributed by atoms with E-state index in [4.69, 9.17) is 14.2 Å². The fourth-order valence-electron chi connectivity index (χ4n) is 4.42. The number of nitrogens with zero attached hydrogens (tertiary/aromatic N) is 2. The summed E-state index contributed by atoms with van der Waals surface area (Å²) in [5, 5.41) is 1.60. The van der Waals surface area contributed by atoms with E-state index in [1.807, 2.05) is 83.1 Å². The zero-order valence-corrected chi connectivity index (χ0v) is 25.8. The van der Waals surface area contributed by atoms with Crippen LogP contribution >= 0.6 is 0 Å². The molecule has 0 saturated carbocycles. The van der Waals surface area contributed by atoms with Crippen molar-refractivity contribution in [2.24, 2.45) is 5.41 Å². The number of rotatable bonds is 10. The Hall–Kier alpha value is -4.23. The molecule has 4 aromatic rings. The van der Waals surface area contributed by atoms with Crippen molar-refractivity contribution in [1.29, 1.82) is 0 Å². The first-order valence-corrected chi connectivity index (χ1v) is 14.3. The molecule has 0 aliphatic heterocycles. The van der Waals surface area contributed by atoms with Gasteiger partial charge in [0.25, 0.3) is 0 Å². The van der Waals surface area contributed by atoms with Crippen molar-refractivity contribution in [3.63, 3.8) is 0 Å². The van der Waals surface area contributed by atoms with E-state index in [1.165, 1.54) is 7.11 Å². The molecule has 0 N–H and O–H groups in total. The predicted octanol–water partition coefficient (Wildman–Crippen LogP) is 7.71. The van der Waals surface area contributed by atoms with Crippen molar-refractivity contribution in [2.75, 3.05) is 32.3 Å². The molecule has 1 heterocycles. The van der Waals surface area contributed by atoms with E-state index in [9.17, 15) is 9.59 Å². The maximum atomic E-state index is 13.6. The Kier molecular flexibility index (Phi) is 11.6. The number of carbonyl (C=O) groups excluding carboxylic acids is 2. The van der Waals surface area contributed by atoms with Gasteiger partial charge in [0, 0.05) is 25.1 Å². The highest BCUT2D eigenvalue weighted by atomic mass is 16.5. The Morgan fingerprint density at radius 2 is 1.48 bits per heavy atom. The number of esters is 1. The van der Waals surface area contributed by atoms with Gasteiger partial charge in [0.1, 0.15) is 18.2 Å². The van der Waals surface area contributed by atoms with Crippen LogP contribution in [0, 0.1) is 5.41 Å². The van der Waals surface area contributed by atoms with E-state index in [1.54, 1.807) is 30.3 Å². The van der Waals surface area contributed by atoms with Crippen LogP contribution in [0.3, 0.4) is 0 Å². The van der Waals surface area contributed by atoms with Crippen molar-refractivity contribution in [2.45, 2.75) is 47.6 Å². The molecule has 3 aromatic carbocycles. The number of aromatic nitrogens is 1. The number of anilines is 1. The number of fused-ring (bicyclic) bond motifs is 1. The zero-order valence-electron chi connectivity index (χ0n) is 25.8. The average molecular weight is 571 g/mol. The smallest absolute Gasteiger partial charge is 0.337 e. The minimum absolute atomic E-state index is 0.0160. The average Bonchev–Trinajstić information content (AvgIpc) is 3.00. The molecule has 222 valence electrons. The lowest BCUT2D eigenvalue weighted by atomic mass is 9.91. The monoisotopic (exact) mass is 570 g/mol. The third kappa shape index (κ3) is 8.63. The minimum atomic E-state index is -0.408. The highest BCUT2D eigenvalue weighted by Crippen LogP contribution is 2.30. The van der Waals surface area contributed by atoms with Gasteiger partial charge in [-0.05, 0) is 63.9 Å². The Labute approximate surface area is 249 Å². The molecule has 0 radical (unpaired) electrons. The van der Waals surface area contributed by atoms with Crippen molar-refractivity contribution in [3.05, 3.63) is 90.1 Å². The fourth-order valence-corrected chi connectivity index (χ4v) is 4.42. The third-order valence-corrected chi connectivity index (χ3v) is 6.44. The predicted molar refractivity (Wildman–Crippen MR) is 169 cm³/mol. The zero-order chi connectivity index (χ0) is 30.7. The number of benzene rings is 3. The number of hydrogen-bond donors (Lipinski definition) is 0. The molecule has 0 fully saturated rings. The quantitative estimate of drug-likeness (QED) is 0.144. The fraction of sp³-hybridized carbons (Fsp3) is 0.343. The van der Waals surface area contributed by atoms with E-state index in [2.05, 4.69) is 17.1 Å². The summed E-state index contributed by atoms with van der Waals surface area (Å²) in [6.45, 7) is 11.6. The molecule has 1 aromatic heterocycles. The van der Waals surface area contributed by atoms with Gasteiger partial charge in [0.2, 0.25) is 5.91 Å². The highest BCUT2D eigenvalue weighted by Gasteiger charge is 2.25. The summed E-state index contributed by atoms with van der Waals surface area (Å²) in [6.07, 6.45) is 2.03. The summed E-state index contributed by atoms with van der Waals surface area (Å²) in [4.78, 5) is 32.1. The first-order valence-electron chi connectivity index (χ1n) is 14.3. The van der Waals surface area contributed by atoms with E-state index in [0.717, 1.165) is 33.2 Å². The lowest BCUT2D eigenvalue weighted by Gasteiger charge is -2.27. The topological polar surface area (TPSA) is 78.0 Å². The van der Waals surface area contributed by atoms with Gasteiger partial charge in [0.05, 0.1) is 25.8 Å². The summed E-state index contributed by atoms with van der Waals surface area (Å²) in [5.74, 6) is 0.940. The van der Waals surface area contributed by atoms with Crippen molar-refractivity contribution in [3.8, 4) is 16.9 Å². The largest absolute Gasteiger partial charge is 0.491 e. The second-order valence-corrected chi connectivity index (χ2v) is 10.8. The second-order valence-electron chi connectivity index (χ2n) is 10.8. The van der Waals surface area contributed by atoms with Gasteiger partial charge < -0.3 is 14.2 Å². The lowest BCUT2D eigenvalue weighted by molar-refractivity contribution is -0.120. The second kappa shape index (κ2) is 15.1. The van der Waals surface area contributed by atoms with Crippen molar-refractivity contribution in [1.82, 2.24) is 4.98 Å². The maximum absolute atomic E-state index is 13.6. The Morgan fingerprint density at radius 1 is 0.833 bits per heavy atom. The van der Waals surface area contributed by atoms with Crippen LogP contribution in [0.5, 0.6) is 5.75 Å². The summed E-state index contributed by atoms with van der Waals surface area (Å²) < 4.78 is 15.6. The first kappa shape index (κ1) is 32.3. The van der Waals surface area contributed by atoms with Crippen LogP contribution in [0.25, 0.3) is 21.9 Å². The van der Waals surface area contributed by atoms with E-state index in [0.29, 0.717) is 37.6 Å². The molecule has 0 aliphatic rings. The molecule has 0 unspecified atom stereocenters. The van der Waals surface area contributed by atoms with Crippen LogP contribution in [0.4, 0.5) is 5.82 Å². The van der Waals surface area contributed by atoms with Crippen LogP contribution in [0.15, 0.2) is 79.0 Å². The van der Waals surface area contributed by atoms with Crippen molar-refractivity contribution < 1.29 is 23.8 Å². The Balaban J connectivity index is 0.00000237. The van der Waals surface area contributed by atoms with Gasteiger partial charge in [-0.15, -0.1) is 0 Å². The maximum Gasteiger partial charge on any atom is 0.337 e. The Morgan fingerprint density at radius 3 is 2.07 bits per heavy atom. The van der Waals surface area contributed by atoms with Gasteiger partial charge in [-0.2, -0.15) is 0 Å². The molecule has 42 heavy (non-hydrogen) atoms. The number of carbonyl (C=O) groups is 2. The molecule has 0 atom stereocenters. The summed E-state index contributed by atoms with van der Waals surface area (Å²) >= 11 is 0. The number of hydrogen-bond acceptors (Lipinski definition) is 6. The molecule has 7 nitrogen and oxygen atoms in total. The van der Waals surface area contributed by atoms with Crippen molar-refractivity contribution >= 4 is 28.5 Å². The number of amides is 1. The Bertz CT molecular complexity index is 1460. The van der Waals surface area contributed by atoms with Crippen LogP contribution < -0.4 is 9.64 Å². The van der Waals surface area contributed by atoms with E-state index in [-0.39, 0.29) is 11.3 Å². The van der Waals surface area contributed by atoms with Gasteiger partial charge in [0.15, 0.2) is 0 Å². The van der Waals surface area contributed by atoms with Crippen LogP contribution in [0.2, 0.25) is 0 Å². The third-order valence-electron chi connectivity index (χ3n) is 6.44. The molecular formula is C35H42N2O5. The molecule has 0 aliphatic carbocycles. The van der Waals surface area contributed by atoms with Gasteiger partial charge >= 0.3 is 5.97 Å². The number of ether oxygens (including phenoxy) is 3. The molecule has 0 saturated heterocycles. The highest BCUT2D eigenvalue weighted by molar-refractivity contribution is 6.04. The van der Waals surface area contributed by atoms with E-state index >= 15 is 0 Å². The normalized spacial score (nSPS) is 10.9. The molecule has 0 spiro atoms. The summed E-state index contributed by atoms with van der Waals surface area (Å²) in [5.41, 5.74) is 3.38. The summed E-state index contributed by atoms with van der Waals surface area (Å²) in [6, 6.07) is 23.3. The van der Waals surface area contributed by atoms with Gasteiger partial charge in [-0.3, -0.25) is 9.69 Å². The van der Waals surface area contributed by atoms with Crippen LogP contribution in [0.1, 0.15) is 57.0 Å². The number of methoxy groups -OCH3 is 2. The lowest BCUT2D eigenvalue weighted by Crippen LogP contribution is -2.34. The minimum Gasteiger partial charge on any atom is -0.491 e. The standard InChI is InChI=1S/C33H36N2O5.C2H6/c1-33(2,3)21-30(36)35(31-29-15-12-27(32(37)39-5)20-26(29)16-17-34-31)22-23-6-8-24(9-7-23)25-10-13-28(14-11-25)40-19-18-38-4;1-2/h6-17,20H,18-19,21-22H2,1-5H3;1-2H3. The molecule has 0 bridgehead atoms. The van der Waals surface area contributed by atoms with Crippen LogP contribution in [-0.4, -0.2) is 44.3 Å². The molecule has 4 rings (SSSR count). The molecular weight excluding hydrogens is 528 g/mol. The van der Waals surface area contributed by atoms with Gasteiger partial charge in [-0.25, -0.2) is 9.78 Å². The molecule has 7 heteroatoms. The first-order chi connectivity index (χ1) is 20.2. The SMILES string of the molecule is CC.COCCOc1ccc(-c2ccc(CN(C(=O)CC(C)(C)C)c3nccc4cc(C(=O)OC)ccc34)cc2)cc1. The van der Waals surface area contributed by atoms with Gasteiger partial charge in [-0.1, -0.05) is 71.0 Å². The van der Waals surface area contributed by atoms with E-state index < -0.39 is 5.97 Å². The molecule has 1 amide bonds.